The molecule has 12 heteroatoms. The number of nitro benzene ring substituents is 3. The second kappa shape index (κ2) is 9.56. The highest BCUT2D eigenvalue weighted by molar-refractivity contribution is 5.64. The van der Waals surface area contributed by atoms with Gasteiger partial charge in [0.2, 0.25) is 0 Å². The van der Waals surface area contributed by atoms with Gasteiger partial charge in [-0.25, -0.2) is 4.99 Å². The van der Waals surface area contributed by atoms with Crippen molar-refractivity contribution in [3.8, 4) is 5.75 Å². The van der Waals surface area contributed by atoms with Gasteiger partial charge in [-0.3, -0.25) is 30.3 Å². The molecule has 2 aromatic rings. The Morgan fingerprint density at radius 1 is 0.929 bits per heavy atom. The van der Waals surface area contributed by atoms with Gasteiger partial charge in [0.25, 0.3) is 11.4 Å². The van der Waals surface area contributed by atoms with Crippen LogP contribution >= 0.6 is 0 Å². The van der Waals surface area contributed by atoms with Crippen molar-refractivity contribution in [3.05, 3.63) is 72.3 Å². The highest BCUT2D eigenvalue weighted by Crippen LogP contribution is 2.38. The van der Waals surface area contributed by atoms with E-state index >= 15 is 0 Å². The van der Waals surface area contributed by atoms with Gasteiger partial charge in [0.1, 0.15) is 0 Å². The molecule has 0 saturated heterocycles. The zero-order valence-corrected chi connectivity index (χ0v) is 15.2. The number of nitro groups is 3. The first-order valence-electron chi connectivity index (χ1n) is 7.60. The summed E-state index contributed by atoms with van der Waals surface area (Å²) in [6.07, 6.45) is 1.80. The molecule has 0 atom stereocenters. The van der Waals surface area contributed by atoms with E-state index in [9.17, 15) is 30.3 Å². The van der Waals surface area contributed by atoms with E-state index in [-0.39, 0.29) is 0 Å². The minimum absolute atomic E-state index is 0.447. The lowest BCUT2D eigenvalue weighted by Gasteiger charge is -2.01. The van der Waals surface area contributed by atoms with Gasteiger partial charge in [0, 0.05) is 14.1 Å². The van der Waals surface area contributed by atoms with Crippen LogP contribution in [-0.2, 0) is 0 Å². The van der Waals surface area contributed by atoms with E-state index in [1.165, 1.54) is 5.56 Å². The largest absolute Gasteiger partial charge is 0.497 e. The Bertz CT molecular complexity index is 875. The Hall–Kier alpha value is -4.09. The maximum atomic E-state index is 10.4. The number of rotatable bonds is 5. The number of benzene rings is 2. The van der Waals surface area contributed by atoms with E-state index in [1.54, 1.807) is 6.34 Å². The van der Waals surface area contributed by atoms with E-state index in [0.29, 0.717) is 12.1 Å². The van der Waals surface area contributed by atoms with Crippen molar-refractivity contribution in [2.45, 2.75) is 6.92 Å². The molecule has 0 radical (unpaired) electrons. The number of nitrogens with zero attached hydrogens (tertiary/aromatic N) is 5. The Balaban J connectivity index is 0.000000292. The van der Waals surface area contributed by atoms with Crippen LogP contribution in [0.3, 0.4) is 0 Å². The summed E-state index contributed by atoms with van der Waals surface area (Å²) in [7, 11) is 3.91. The molecule has 0 aromatic heterocycles. The number of hydrogen-bond acceptors (Lipinski definition) is 8. The molecule has 2 rings (SSSR count). The maximum absolute atomic E-state index is 10.4. The van der Waals surface area contributed by atoms with E-state index in [4.69, 9.17) is 5.11 Å². The second-order valence-corrected chi connectivity index (χ2v) is 5.65. The number of aliphatic imine (C=N–C) groups is 1. The highest BCUT2D eigenvalue weighted by Gasteiger charge is 2.30. The summed E-state index contributed by atoms with van der Waals surface area (Å²) < 4.78 is 0. The van der Waals surface area contributed by atoms with Crippen molar-refractivity contribution in [2.75, 3.05) is 14.1 Å². The standard InChI is InChI=1S/C10H14N2.C6H3N3O7/c1-9-4-6-10(7-5-9)11-8-12(2)3;10-6-4(8(13)14)1-3(7(11)12)2-5(6)9(15)16/h4-8H,1-3H3;1-2,10H. The quantitative estimate of drug-likeness (QED) is 0.350. The molecule has 0 fully saturated rings. The van der Waals surface area contributed by atoms with Crippen molar-refractivity contribution in [1.82, 2.24) is 4.90 Å². The molecular formula is C16H17N5O7. The predicted molar refractivity (Wildman–Crippen MR) is 101 cm³/mol. The van der Waals surface area contributed by atoms with E-state index in [0.717, 1.165) is 5.69 Å². The van der Waals surface area contributed by atoms with Crippen LogP contribution in [0.1, 0.15) is 5.56 Å². The third-order valence-electron chi connectivity index (χ3n) is 3.13. The SMILES string of the molecule is Cc1ccc(N=CN(C)C)cc1.O=[N+]([O-])c1cc([N+](=O)[O-])c(O)c([N+](=O)[O-])c1. The van der Waals surface area contributed by atoms with Crippen LogP contribution < -0.4 is 0 Å². The Kier molecular flexibility index (Phi) is 7.50. The van der Waals surface area contributed by atoms with Crippen LogP contribution in [0.4, 0.5) is 22.7 Å². The number of aromatic hydroxyl groups is 1. The molecule has 0 aliphatic heterocycles. The average molecular weight is 391 g/mol. The molecule has 0 amide bonds. The Morgan fingerprint density at radius 2 is 1.39 bits per heavy atom. The summed E-state index contributed by atoms with van der Waals surface area (Å²) in [5, 5.41) is 40.2. The second-order valence-electron chi connectivity index (χ2n) is 5.65. The number of aryl methyl sites for hydroxylation is 1. The molecule has 1 N–H and O–H groups in total. The number of non-ortho nitro benzene ring substituents is 1. The van der Waals surface area contributed by atoms with Gasteiger partial charge in [0.05, 0.1) is 38.9 Å². The fraction of sp³-hybridized carbons (Fsp3) is 0.188. The van der Waals surface area contributed by atoms with Gasteiger partial charge in [-0.05, 0) is 19.1 Å². The summed E-state index contributed by atoms with van der Waals surface area (Å²) in [5.74, 6) is -1.21. The van der Waals surface area contributed by atoms with Crippen LogP contribution in [-0.4, -0.2) is 45.2 Å². The van der Waals surface area contributed by atoms with Crippen LogP contribution in [0.15, 0.2) is 41.4 Å². The molecule has 12 nitrogen and oxygen atoms in total. The van der Waals surface area contributed by atoms with Crippen molar-refractivity contribution in [3.63, 3.8) is 0 Å². The number of phenolic OH excluding ortho intramolecular Hbond substituents is 1. The molecule has 148 valence electrons. The average Bonchev–Trinajstić information content (AvgIpc) is 2.61. The predicted octanol–water partition coefficient (Wildman–Crippen LogP) is 3.33. The van der Waals surface area contributed by atoms with Crippen LogP contribution in [0.25, 0.3) is 0 Å². The summed E-state index contributed by atoms with van der Waals surface area (Å²) >= 11 is 0. The molecule has 0 spiro atoms. The van der Waals surface area contributed by atoms with Crippen LogP contribution in [0.2, 0.25) is 0 Å². The van der Waals surface area contributed by atoms with Gasteiger partial charge >= 0.3 is 11.4 Å². The van der Waals surface area contributed by atoms with Gasteiger partial charge in [-0.15, -0.1) is 0 Å². The first-order chi connectivity index (χ1) is 13.0. The van der Waals surface area contributed by atoms with Gasteiger partial charge < -0.3 is 10.0 Å². The molecular weight excluding hydrogens is 374 g/mol. The molecule has 2 aromatic carbocycles. The first kappa shape index (κ1) is 22.0. The molecule has 0 aliphatic carbocycles. The third-order valence-corrected chi connectivity index (χ3v) is 3.13. The zero-order valence-electron chi connectivity index (χ0n) is 15.2. The Morgan fingerprint density at radius 3 is 1.75 bits per heavy atom. The van der Waals surface area contributed by atoms with Crippen molar-refractivity contribution >= 4 is 29.1 Å². The topological polar surface area (TPSA) is 165 Å². The van der Waals surface area contributed by atoms with Gasteiger partial charge in [-0.1, -0.05) is 17.7 Å². The lowest BCUT2D eigenvalue weighted by atomic mass is 10.2. The normalized spacial score (nSPS) is 10.1. The van der Waals surface area contributed by atoms with Crippen molar-refractivity contribution in [1.29, 1.82) is 0 Å². The van der Waals surface area contributed by atoms with Gasteiger partial charge in [-0.2, -0.15) is 0 Å². The summed E-state index contributed by atoms with van der Waals surface area (Å²) in [5.41, 5.74) is -0.744. The minimum atomic E-state index is -1.21. The highest BCUT2D eigenvalue weighted by atomic mass is 16.6. The molecule has 0 unspecified atom stereocenters. The summed E-state index contributed by atoms with van der Waals surface area (Å²) in [6, 6.07) is 9.03. The smallest absolute Gasteiger partial charge is 0.324 e. The molecule has 0 heterocycles. The lowest BCUT2D eigenvalue weighted by Crippen LogP contribution is -2.06. The summed E-state index contributed by atoms with van der Waals surface area (Å²) in [6.45, 7) is 2.07. The fourth-order valence-corrected chi connectivity index (χ4v) is 1.79. The Labute approximate surface area is 158 Å². The van der Waals surface area contributed by atoms with Crippen LogP contribution in [0.5, 0.6) is 5.75 Å². The van der Waals surface area contributed by atoms with Crippen molar-refractivity contribution < 1.29 is 19.9 Å². The van der Waals surface area contributed by atoms with Crippen molar-refractivity contribution in [2.24, 2.45) is 4.99 Å². The van der Waals surface area contributed by atoms with Crippen LogP contribution in [0, 0.1) is 37.3 Å². The molecule has 28 heavy (non-hydrogen) atoms. The van der Waals surface area contributed by atoms with E-state index in [1.807, 2.05) is 31.1 Å². The fourth-order valence-electron chi connectivity index (χ4n) is 1.79. The number of hydrogen-bond donors (Lipinski definition) is 1. The maximum Gasteiger partial charge on any atom is 0.324 e. The molecule has 0 saturated carbocycles. The first-order valence-corrected chi connectivity index (χ1v) is 7.60. The summed E-state index contributed by atoms with van der Waals surface area (Å²) in [4.78, 5) is 33.9. The lowest BCUT2D eigenvalue weighted by molar-refractivity contribution is -0.404. The molecule has 0 aliphatic rings. The zero-order chi connectivity index (χ0) is 21.4. The van der Waals surface area contributed by atoms with Gasteiger partial charge in [0.15, 0.2) is 0 Å². The van der Waals surface area contributed by atoms with E-state index in [2.05, 4.69) is 24.0 Å². The minimum Gasteiger partial charge on any atom is -0.497 e. The third kappa shape index (κ3) is 6.33. The molecule has 0 bridgehead atoms. The van der Waals surface area contributed by atoms with E-state index < -0.39 is 37.6 Å². The monoisotopic (exact) mass is 391 g/mol. The number of phenols is 1.